The number of rotatable bonds is 7. The van der Waals surface area contributed by atoms with E-state index in [2.05, 4.69) is 22.2 Å². The lowest BCUT2D eigenvalue weighted by molar-refractivity contribution is 0.0924. The highest BCUT2D eigenvalue weighted by atomic mass is 32.2. The van der Waals surface area contributed by atoms with E-state index in [1.165, 1.54) is 25.5 Å². The quantitative estimate of drug-likeness (QED) is 0.482. The van der Waals surface area contributed by atoms with Gasteiger partial charge in [-0.05, 0) is 37.1 Å². The van der Waals surface area contributed by atoms with Gasteiger partial charge in [0.1, 0.15) is 5.82 Å². The third kappa shape index (κ3) is 3.99. The number of amides is 1. The summed E-state index contributed by atoms with van der Waals surface area (Å²) in [5.41, 5.74) is 0.818. The molecule has 0 spiro atoms. The van der Waals surface area contributed by atoms with Gasteiger partial charge in [-0.25, -0.2) is 14.6 Å². The lowest BCUT2D eigenvalue weighted by atomic mass is 10.1. The van der Waals surface area contributed by atoms with Crippen molar-refractivity contribution in [1.82, 2.24) is 25.1 Å². The predicted octanol–water partition coefficient (Wildman–Crippen LogP) is 2.95. The lowest BCUT2D eigenvalue weighted by Crippen LogP contribution is -2.30. The molecular weight excluding hydrogens is 376 g/mol. The second-order valence-corrected chi connectivity index (χ2v) is 7.88. The minimum atomic E-state index is -0.229. The SMILES string of the molecule is CCSc1nc(N2CCCCC2)c2cnn(CCNC(=O)c3ccco3)c2n1. The van der Waals surface area contributed by atoms with Gasteiger partial charge in [-0.15, -0.1) is 0 Å². The number of nitrogens with one attached hydrogen (secondary N) is 1. The standard InChI is InChI=1S/C19H24N6O2S/c1-2-28-19-22-16(24-9-4-3-5-10-24)14-13-21-25(17(14)23-19)11-8-20-18(26)15-7-6-12-27-15/h6-7,12-13H,2-5,8-11H2,1H3,(H,20,26). The van der Waals surface area contributed by atoms with E-state index < -0.39 is 0 Å². The van der Waals surface area contributed by atoms with Gasteiger partial charge in [0.25, 0.3) is 5.91 Å². The molecular formula is C19H24N6O2S. The lowest BCUT2D eigenvalue weighted by Gasteiger charge is -2.28. The van der Waals surface area contributed by atoms with E-state index in [0.717, 1.165) is 40.9 Å². The Hall–Kier alpha value is -2.55. The Morgan fingerprint density at radius 2 is 2.14 bits per heavy atom. The average Bonchev–Trinajstić information content (AvgIpc) is 3.39. The Morgan fingerprint density at radius 1 is 1.29 bits per heavy atom. The number of hydrogen-bond acceptors (Lipinski definition) is 7. The maximum Gasteiger partial charge on any atom is 0.287 e. The average molecular weight is 401 g/mol. The molecule has 3 aromatic heterocycles. The largest absolute Gasteiger partial charge is 0.459 e. The summed E-state index contributed by atoms with van der Waals surface area (Å²) in [7, 11) is 0. The highest BCUT2D eigenvalue weighted by Crippen LogP contribution is 2.29. The molecule has 9 heteroatoms. The van der Waals surface area contributed by atoms with Crippen molar-refractivity contribution in [2.45, 2.75) is 37.9 Å². The van der Waals surface area contributed by atoms with Crippen molar-refractivity contribution in [3.8, 4) is 0 Å². The van der Waals surface area contributed by atoms with Crippen LogP contribution >= 0.6 is 11.8 Å². The predicted molar refractivity (Wildman–Crippen MR) is 109 cm³/mol. The van der Waals surface area contributed by atoms with Crippen molar-refractivity contribution in [2.75, 3.05) is 30.3 Å². The number of hydrogen-bond donors (Lipinski definition) is 1. The topological polar surface area (TPSA) is 89.1 Å². The summed E-state index contributed by atoms with van der Waals surface area (Å²) >= 11 is 1.64. The summed E-state index contributed by atoms with van der Waals surface area (Å²) in [5, 5.41) is 9.12. The molecule has 0 unspecified atom stereocenters. The molecule has 0 saturated carbocycles. The number of furan rings is 1. The molecule has 1 saturated heterocycles. The Balaban J connectivity index is 1.55. The van der Waals surface area contributed by atoms with Gasteiger partial charge in [0.15, 0.2) is 16.6 Å². The van der Waals surface area contributed by atoms with Crippen LogP contribution in [0.25, 0.3) is 11.0 Å². The monoisotopic (exact) mass is 400 g/mol. The molecule has 1 fully saturated rings. The summed E-state index contributed by atoms with van der Waals surface area (Å²) in [6.45, 7) is 5.11. The van der Waals surface area contributed by atoms with Crippen molar-refractivity contribution < 1.29 is 9.21 Å². The molecule has 1 aliphatic heterocycles. The number of aromatic nitrogens is 4. The molecule has 28 heavy (non-hydrogen) atoms. The number of piperidine rings is 1. The molecule has 1 N–H and O–H groups in total. The molecule has 8 nitrogen and oxygen atoms in total. The van der Waals surface area contributed by atoms with E-state index in [9.17, 15) is 4.79 Å². The van der Waals surface area contributed by atoms with Gasteiger partial charge in [0, 0.05) is 19.6 Å². The molecule has 0 aromatic carbocycles. The summed E-state index contributed by atoms with van der Waals surface area (Å²) in [5.74, 6) is 1.97. The number of carbonyl (C=O) groups excluding carboxylic acids is 1. The van der Waals surface area contributed by atoms with E-state index in [0.29, 0.717) is 18.8 Å². The zero-order valence-electron chi connectivity index (χ0n) is 15.9. The Kier molecular flexibility index (Phi) is 5.80. The summed E-state index contributed by atoms with van der Waals surface area (Å²) in [6.07, 6.45) is 6.98. The summed E-state index contributed by atoms with van der Waals surface area (Å²) in [6, 6.07) is 3.34. The van der Waals surface area contributed by atoms with Crippen LogP contribution in [0, 0.1) is 0 Å². The van der Waals surface area contributed by atoms with Crippen LogP contribution in [0.3, 0.4) is 0 Å². The first-order valence-corrected chi connectivity index (χ1v) is 10.7. The smallest absolute Gasteiger partial charge is 0.287 e. The molecule has 0 aliphatic carbocycles. The number of anilines is 1. The maximum absolute atomic E-state index is 12.0. The molecule has 0 bridgehead atoms. The molecule has 4 heterocycles. The van der Waals surface area contributed by atoms with Crippen LogP contribution in [0.1, 0.15) is 36.7 Å². The molecule has 0 radical (unpaired) electrons. The van der Waals surface area contributed by atoms with Gasteiger partial charge in [-0.2, -0.15) is 5.10 Å². The van der Waals surface area contributed by atoms with E-state index in [1.54, 1.807) is 23.9 Å². The highest BCUT2D eigenvalue weighted by molar-refractivity contribution is 7.99. The molecule has 148 valence electrons. The molecule has 3 aromatic rings. The number of fused-ring (bicyclic) bond motifs is 1. The van der Waals surface area contributed by atoms with Gasteiger partial charge in [-0.3, -0.25) is 4.79 Å². The van der Waals surface area contributed by atoms with E-state index in [-0.39, 0.29) is 5.91 Å². The van der Waals surface area contributed by atoms with Crippen LogP contribution in [0.2, 0.25) is 0 Å². The molecule has 1 aliphatic rings. The first-order valence-electron chi connectivity index (χ1n) is 9.69. The second-order valence-electron chi connectivity index (χ2n) is 6.65. The number of carbonyl (C=O) groups is 1. The fraction of sp³-hybridized carbons (Fsp3) is 0.474. The zero-order valence-corrected chi connectivity index (χ0v) is 16.7. The van der Waals surface area contributed by atoms with Crippen molar-refractivity contribution in [3.05, 3.63) is 30.4 Å². The fourth-order valence-corrected chi connectivity index (χ4v) is 3.96. The first kappa shape index (κ1) is 18.8. The Bertz CT molecular complexity index is 933. The Labute approximate surface area is 167 Å². The normalized spacial score (nSPS) is 14.5. The van der Waals surface area contributed by atoms with Crippen molar-refractivity contribution in [3.63, 3.8) is 0 Å². The summed E-state index contributed by atoms with van der Waals surface area (Å²) < 4.78 is 6.96. The highest BCUT2D eigenvalue weighted by Gasteiger charge is 2.20. The Morgan fingerprint density at radius 3 is 2.89 bits per heavy atom. The van der Waals surface area contributed by atoms with Crippen molar-refractivity contribution >= 4 is 34.5 Å². The van der Waals surface area contributed by atoms with Gasteiger partial charge >= 0.3 is 0 Å². The number of nitrogens with zero attached hydrogens (tertiary/aromatic N) is 5. The van der Waals surface area contributed by atoms with Crippen LogP contribution in [0.15, 0.2) is 34.2 Å². The minimum Gasteiger partial charge on any atom is -0.459 e. The van der Waals surface area contributed by atoms with Gasteiger partial charge in [0.05, 0.1) is 24.4 Å². The first-order chi connectivity index (χ1) is 13.8. The van der Waals surface area contributed by atoms with E-state index >= 15 is 0 Å². The van der Waals surface area contributed by atoms with Gasteiger partial charge in [-0.1, -0.05) is 18.7 Å². The van der Waals surface area contributed by atoms with Crippen LogP contribution in [-0.2, 0) is 6.54 Å². The van der Waals surface area contributed by atoms with E-state index in [1.807, 2.05) is 10.9 Å². The number of thioether (sulfide) groups is 1. The van der Waals surface area contributed by atoms with Crippen LogP contribution in [0.5, 0.6) is 0 Å². The minimum absolute atomic E-state index is 0.229. The van der Waals surface area contributed by atoms with Gasteiger partial charge in [0.2, 0.25) is 0 Å². The maximum atomic E-state index is 12.0. The van der Waals surface area contributed by atoms with Crippen molar-refractivity contribution in [1.29, 1.82) is 0 Å². The van der Waals surface area contributed by atoms with E-state index in [4.69, 9.17) is 14.4 Å². The molecule has 1 amide bonds. The van der Waals surface area contributed by atoms with Crippen LogP contribution in [0.4, 0.5) is 5.82 Å². The fourth-order valence-electron chi connectivity index (χ4n) is 3.40. The van der Waals surface area contributed by atoms with Gasteiger partial charge < -0.3 is 14.6 Å². The molecule has 0 atom stereocenters. The van der Waals surface area contributed by atoms with Crippen LogP contribution < -0.4 is 10.2 Å². The summed E-state index contributed by atoms with van der Waals surface area (Å²) in [4.78, 5) is 23.9. The third-order valence-electron chi connectivity index (χ3n) is 4.74. The van der Waals surface area contributed by atoms with Crippen LogP contribution in [-0.4, -0.2) is 51.0 Å². The third-order valence-corrected chi connectivity index (χ3v) is 5.47. The van der Waals surface area contributed by atoms with Crippen molar-refractivity contribution in [2.24, 2.45) is 0 Å². The molecule has 4 rings (SSSR count). The zero-order chi connectivity index (χ0) is 19.3. The second kappa shape index (κ2) is 8.64.